The van der Waals surface area contributed by atoms with Gasteiger partial charge in [0, 0.05) is 31.3 Å². The molecule has 2 atom stereocenters. The quantitative estimate of drug-likeness (QED) is 0.833. The third-order valence-corrected chi connectivity index (χ3v) is 5.11. The second-order valence-corrected chi connectivity index (χ2v) is 6.36. The van der Waals surface area contributed by atoms with Crippen LogP contribution < -0.4 is 5.32 Å². The van der Waals surface area contributed by atoms with E-state index in [0.29, 0.717) is 18.0 Å². The maximum atomic E-state index is 12.1. The lowest BCUT2D eigenvalue weighted by atomic mass is 10.00. The highest BCUT2D eigenvalue weighted by atomic mass is 32.2. The SMILES string of the molecule is CN(C(=O)CCC1CCCCN1)C1CCSC1. The van der Waals surface area contributed by atoms with E-state index in [1.54, 1.807) is 0 Å². The fourth-order valence-corrected chi connectivity index (χ4v) is 3.94. The molecule has 0 aromatic rings. The van der Waals surface area contributed by atoms with Gasteiger partial charge < -0.3 is 10.2 Å². The van der Waals surface area contributed by atoms with Gasteiger partial charge in [0.2, 0.25) is 5.91 Å². The molecule has 0 aromatic carbocycles. The first-order chi connectivity index (χ1) is 8.27. The molecule has 1 amide bonds. The second-order valence-electron chi connectivity index (χ2n) is 5.21. The molecule has 0 radical (unpaired) electrons. The number of nitrogens with zero attached hydrogens (tertiary/aromatic N) is 1. The Morgan fingerprint density at radius 3 is 2.94 bits per heavy atom. The summed E-state index contributed by atoms with van der Waals surface area (Å²) in [4.78, 5) is 14.1. The smallest absolute Gasteiger partial charge is 0.222 e. The second kappa shape index (κ2) is 6.64. The van der Waals surface area contributed by atoms with Gasteiger partial charge in [-0.05, 0) is 38.0 Å². The summed E-state index contributed by atoms with van der Waals surface area (Å²) < 4.78 is 0. The van der Waals surface area contributed by atoms with Crippen molar-refractivity contribution in [3.63, 3.8) is 0 Å². The van der Waals surface area contributed by atoms with E-state index in [0.717, 1.165) is 25.1 Å². The molecule has 17 heavy (non-hydrogen) atoms. The van der Waals surface area contributed by atoms with Crippen LogP contribution in [0.25, 0.3) is 0 Å². The third-order valence-electron chi connectivity index (χ3n) is 3.97. The Labute approximate surface area is 109 Å². The number of piperidine rings is 1. The van der Waals surface area contributed by atoms with Gasteiger partial charge in [-0.15, -0.1) is 0 Å². The van der Waals surface area contributed by atoms with Gasteiger partial charge in [0.05, 0.1) is 0 Å². The predicted octanol–water partition coefficient (Wildman–Crippen LogP) is 1.87. The van der Waals surface area contributed by atoms with Crippen LogP contribution in [0.3, 0.4) is 0 Å². The lowest BCUT2D eigenvalue weighted by molar-refractivity contribution is -0.131. The molecule has 4 heteroatoms. The van der Waals surface area contributed by atoms with E-state index in [-0.39, 0.29) is 0 Å². The van der Waals surface area contributed by atoms with Crippen molar-refractivity contribution in [2.24, 2.45) is 0 Å². The van der Waals surface area contributed by atoms with Crippen LogP contribution in [0, 0.1) is 0 Å². The molecule has 98 valence electrons. The third kappa shape index (κ3) is 3.88. The first-order valence-corrected chi connectivity index (χ1v) is 7.99. The van der Waals surface area contributed by atoms with Crippen LogP contribution in [-0.2, 0) is 4.79 Å². The number of nitrogens with one attached hydrogen (secondary N) is 1. The van der Waals surface area contributed by atoms with Gasteiger partial charge in [-0.25, -0.2) is 0 Å². The van der Waals surface area contributed by atoms with Gasteiger partial charge in [-0.1, -0.05) is 6.42 Å². The number of carbonyl (C=O) groups excluding carboxylic acids is 1. The minimum Gasteiger partial charge on any atom is -0.342 e. The van der Waals surface area contributed by atoms with E-state index in [2.05, 4.69) is 5.32 Å². The Bertz CT molecular complexity index is 248. The summed E-state index contributed by atoms with van der Waals surface area (Å²) in [7, 11) is 1.98. The van der Waals surface area contributed by atoms with Crippen LogP contribution in [0.5, 0.6) is 0 Å². The van der Waals surface area contributed by atoms with E-state index >= 15 is 0 Å². The van der Waals surface area contributed by atoms with Crippen LogP contribution in [-0.4, -0.2) is 48.0 Å². The van der Waals surface area contributed by atoms with E-state index in [4.69, 9.17) is 0 Å². The molecule has 2 saturated heterocycles. The average molecular weight is 256 g/mol. The molecule has 0 aromatic heterocycles. The molecular formula is C13H24N2OS. The Balaban J connectivity index is 1.68. The highest BCUT2D eigenvalue weighted by Crippen LogP contribution is 2.22. The van der Waals surface area contributed by atoms with Crippen molar-refractivity contribution in [2.75, 3.05) is 25.1 Å². The zero-order valence-corrected chi connectivity index (χ0v) is 11.6. The van der Waals surface area contributed by atoms with Crippen molar-refractivity contribution in [2.45, 2.75) is 50.6 Å². The Morgan fingerprint density at radius 2 is 2.29 bits per heavy atom. The number of carbonyl (C=O) groups is 1. The number of amides is 1. The van der Waals surface area contributed by atoms with Crippen molar-refractivity contribution in [3.8, 4) is 0 Å². The topological polar surface area (TPSA) is 32.3 Å². The van der Waals surface area contributed by atoms with E-state index in [9.17, 15) is 4.79 Å². The summed E-state index contributed by atoms with van der Waals surface area (Å²) in [5, 5.41) is 3.51. The first-order valence-electron chi connectivity index (χ1n) is 6.84. The van der Waals surface area contributed by atoms with Crippen LogP contribution >= 0.6 is 11.8 Å². The number of hydrogen-bond acceptors (Lipinski definition) is 3. The summed E-state index contributed by atoms with van der Waals surface area (Å²) in [6, 6.07) is 1.07. The summed E-state index contributed by atoms with van der Waals surface area (Å²) in [6.07, 6.45) is 6.77. The molecule has 2 heterocycles. The lowest BCUT2D eigenvalue weighted by Crippen LogP contribution is -2.39. The molecule has 0 bridgehead atoms. The summed E-state index contributed by atoms with van der Waals surface area (Å²) in [5.41, 5.74) is 0. The molecular weight excluding hydrogens is 232 g/mol. The monoisotopic (exact) mass is 256 g/mol. The Hall–Kier alpha value is -0.220. The average Bonchev–Trinajstić information content (AvgIpc) is 2.90. The van der Waals surface area contributed by atoms with Crippen molar-refractivity contribution >= 4 is 17.7 Å². The molecule has 2 rings (SSSR count). The van der Waals surface area contributed by atoms with Gasteiger partial charge in [0.15, 0.2) is 0 Å². The summed E-state index contributed by atoms with van der Waals surface area (Å²) >= 11 is 1.97. The largest absolute Gasteiger partial charge is 0.342 e. The van der Waals surface area contributed by atoms with Crippen LogP contribution in [0.1, 0.15) is 38.5 Å². The highest BCUT2D eigenvalue weighted by molar-refractivity contribution is 7.99. The Morgan fingerprint density at radius 1 is 1.41 bits per heavy atom. The van der Waals surface area contributed by atoms with Crippen molar-refractivity contribution in [1.29, 1.82) is 0 Å². The van der Waals surface area contributed by atoms with Gasteiger partial charge in [-0.3, -0.25) is 4.79 Å². The van der Waals surface area contributed by atoms with Crippen LogP contribution in [0.2, 0.25) is 0 Å². The van der Waals surface area contributed by atoms with Crippen LogP contribution in [0.4, 0.5) is 0 Å². The molecule has 0 saturated carbocycles. The molecule has 0 aliphatic carbocycles. The summed E-state index contributed by atoms with van der Waals surface area (Å²) in [6.45, 7) is 1.13. The van der Waals surface area contributed by atoms with Gasteiger partial charge in [0.1, 0.15) is 0 Å². The number of hydrogen-bond donors (Lipinski definition) is 1. The van der Waals surface area contributed by atoms with Gasteiger partial charge in [-0.2, -0.15) is 11.8 Å². The lowest BCUT2D eigenvalue weighted by Gasteiger charge is -2.26. The number of rotatable bonds is 4. The molecule has 2 unspecified atom stereocenters. The molecule has 2 aliphatic heterocycles. The van der Waals surface area contributed by atoms with Crippen molar-refractivity contribution < 1.29 is 4.79 Å². The molecule has 3 nitrogen and oxygen atoms in total. The highest BCUT2D eigenvalue weighted by Gasteiger charge is 2.24. The first kappa shape index (κ1) is 13.2. The van der Waals surface area contributed by atoms with Crippen molar-refractivity contribution in [1.82, 2.24) is 10.2 Å². The standard InChI is InChI=1S/C13H24N2OS/c1-15(12-7-9-17-10-12)13(16)6-5-11-4-2-3-8-14-11/h11-12,14H,2-10H2,1H3. The zero-order chi connectivity index (χ0) is 12.1. The number of thioether (sulfide) groups is 1. The van der Waals surface area contributed by atoms with Crippen LogP contribution in [0.15, 0.2) is 0 Å². The van der Waals surface area contributed by atoms with E-state index in [1.807, 2.05) is 23.7 Å². The molecule has 2 aliphatic rings. The maximum absolute atomic E-state index is 12.1. The van der Waals surface area contributed by atoms with E-state index < -0.39 is 0 Å². The Kier molecular flexibility index (Phi) is 5.16. The minimum absolute atomic E-state index is 0.338. The zero-order valence-electron chi connectivity index (χ0n) is 10.8. The van der Waals surface area contributed by atoms with Gasteiger partial charge in [0.25, 0.3) is 0 Å². The molecule has 0 spiro atoms. The summed E-state index contributed by atoms with van der Waals surface area (Å²) in [5.74, 6) is 2.68. The van der Waals surface area contributed by atoms with Crippen molar-refractivity contribution in [3.05, 3.63) is 0 Å². The fourth-order valence-electron chi connectivity index (χ4n) is 2.68. The van der Waals surface area contributed by atoms with E-state index in [1.165, 1.54) is 31.4 Å². The fraction of sp³-hybridized carbons (Fsp3) is 0.923. The normalized spacial score (nSPS) is 29.2. The minimum atomic E-state index is 0.338. The maximum Gasteiger partial charge on any atom is 0.222 e. The molecule has 1 N–H and O–H groups in total. The predicted molar refractivity (Wildman–Crippen MR) is 73.4 cm³/mol. The molecule has 2 fully saturated rings. The van der Waals surface area contributed by atoms with Gasteiger partial charge >= 0.3 is 0 Å².